The molecule has 1 saturated heterocycles. The highest BCUT2D eigenvalue weighted by Gasteiger charge is 2.24. The van der Waals surface area contributed by atoms with E-state index in [0.29, 0.717) is 24.4 Å². The summed E-state index contributed by atoms with van der Waals surface area (Å²) in [6.07, 6.45) is 1.47. The molecule has 2 aromatic rings. The second-order valence-corrected chi connectivity index (χ2v) is 6.26. The Kier molecular flexibility index (Phi) is 5.73. The lowest BCUT2D eigenvalue weighted by Crippen LogP contribution is -2.47. The van der Waals surface area contributed by atoms with Gasteiger partial charge in [0.2, 0.25) is 0 Å². The molecule has 0 radical (unpaired) electrons. The van der Waals surface area contributed by atoms with Gasteiger partial charge in [-0.1, -0.05) is 24.3 Å². The van der Waals surface area contributed by atoms with Crippen molar-refractivity contribution < 1.29 is 14.3 Å². The van der Waals surface area contributed by atoms with E-state index in [9.17, 15) is 9.59 Å². The topological polar surface area (TPSA) is 70.7 Å². The standard InChI is InChI=1S/C20H23N3O3/c1-26-18-9-5-6-15(14-18)19(24)21-17-10-12-23(13-11-17)20(25)22-16-7-3-2-4-8-16/h2-9,14,17H,10-13H2,1H3,(H,21,24)(H,22,25). The minimum atomic E-state index is -0.115. The van der Waals surface area contributed by atoms with Crippen molar-refractivity contribution in [1.29, 1.82) is 0 Å². The van der Waals surface area contributed by atoms with Crippen molar-refractivity contribution in [2.75, 3.05) is 25.5 Å². The van der Waals surface area contributed by atoms with Gasteiger partial charge in [-0.25, -0.2) is 4.79 Å². The number of benzene rings is 2. The molecule has 136 valence electrons. The fraction of sp³-hybridized carbons (Fsp3) is 0.300. The fourth-order valence-corrected chi connectivity index (χ4v) is 2.98. The maximum absolute atomic E-state index is 12.4. The van der Waals surface area contributed by atoms with Gasteiger partial charge in [-0.2, -0.15) is 0 Å². The van der Waals surface area contributed by atoms with Crippen LogP contribution in [0.2, 0.25) is 0 Å². The highest BCUT2D eigenvalue weighted by atomic mass is 16.5. The van der Waals surface area contributed by atoms with E-state index >= 15 is 0 Å². The zero-order valence-electron chi connectivity index (χ0n) is 14.8. The summed E-state index contributed by atoms with van der Waals surface area (Å²) in [5, 5.41) is 5.93. The number of likely N-dealkylation sites (tertiary alicyclic amines) is 1. The molecule has 3 rings (SSSR count). The summed E-state index contributed by atoms with van der Waals surface area (Å²) in [5.74, 6) is 0.543. The Morgan fingerprint density at radius 1 is 1.04 bits per heavy atom. The van der Waals surface area contributed by atoms with E-state index in [4.69, 9.17) is 4.74 Å². The Morgan fingerprint density at radius 2 is 1.77 bits per heavy atom. The molecule has 3 amide bonds. The number of nitrogens with one attached hydrogen (secondary N) is 2. The number of carbonyl (C=O) groups excluding carboxylic acids is 2. The van der Waals surface area contributed by atoms with Crippen LogP contribution in [0.1, 0.15) is 23.2 Å². The van der Waals surface area contributed by atoms with Gasteiger partial charge in [-0.3, -0.25) is 4.79 Å². The van der Waals surface area contributed by atoms with Gasteiger partial charge < -0.3 is 20.3 Å². The molecule has 1 heterocycles. The summed E-state index contributed by atoms with van der Waals surface area (Å²) >= 11 is 0. The zero-order valence-corrected chi connectivity index (χ0v) is 14.8. The second kappa shape index (κ2) is 8.38. The number of piperidine rings is 1. The highest BCUT2D eigenvalue weighted by Crippen LogP contribution is 2.16. The smallest absolute Gasteiger partial charge is 0.321 e. The summed E-state index contributed by atoms with van der Waals surface area (Å²) in [6, 6.07) is 16.4. The Labute approximate surface area is 153 Å². The molecule has 26 heavy (non-hydrogen) atoms. The summed E-state index contributed by atoms with van der Waals surface area (Å²) < 4.78 is 5.15. The minimum absolute atomic E-state index is 0.0643. The molecule has 6 nitrogen and oxygen atoms in total. The summed E-state index contributed by atoms with van der Waals surface area (Å²) in [5.41, 5.74) is 1.36. The van der Waals surface area contributed by atoms with Crippen LogP contribution in [0.3, 0.4) is 0 Å². The van der Waals surface area contributed by atoms with Crippen molar-refractivity contribution >= 4 is 17.6 Å². The van der Waals surface area contributed by atoms with Crippen LogP contribution in [0, 0.1) is 0 Å². The minimum Gasteiger partial charge on any atom is -0.497 e. The highest BCUT2D eigenvalue weighted by molar-refractivity contribution is 5.94. The van der Waals surface area contributed by atoms with Crippen molar-refractivity contribution in [3.63, 3.8) is 0 Å². The van der Waals surface area contributed by atoms with E-state index in [0.717, 1.165) is 18.5 Å². The molecule has 6 heteroatoms. The molecule has 0 spiro atoms. The van der Waals surface area contributed by atoms with Crippen molar-refractivity contribution in [2.45, 2.75) is 18.9 Å². The average Bonchev–Trinajstić information content (AvgIpc) is 2.69. The Balaban J connectivity index is 1.49. The maximum Gasteiger partial charge on any atom is 0.321 e. The average molecular weight is 353 g/mol. The molecule has 1 aliphatic heterocycles. The summed E-state index contributed by atoms with van der Waals surface area (Å²) in [4.78, 5) is 26.5. The van der Waals surface area contributed by atoms with E-state index in [2.05, 4.69) is 10.6 Å². The summed E-state index contributed by atoms with van der Waals surface area (Å²) in [7, 11) is 1.58. The van der Waals surface area contributed by atoms with Gasteiger partial charge in [0.15, 0.2) is 0 Å². The lowest BCUT2D eigenvalue weighted by Gasteiger charge is -2.32. The Hall–Kier alpha value is -3.02. The molecular weight excluding hydrogens is 330 g/mol. The number of methoxy groups -OCH3 is 1. The number of hydrogen-bond acceptors (Lipinski definition) is 3. The van der Waals surface area contributed by atoms with E-state index in [1.54, 1.807) is 36.3 Å². The van der Waals surface area contributed by atoms with E-state index < -0.39 is 0 Å². The Bertz CT molecular complexity index is 756. The van der Waals surface area contributed by atoms with Gasteiger partial charge in [0.05, 0.1) is 7.11 Å². The van der Waals surface area contributed by atoms with E-state index in [1.165, 1.54) is 0 Å². The zero-order chi connectivity index (χ0) is 18.4. The third-order valence-electron chi connectivity index (χ3n) is 4.47. The molecule has 0 aromatic heterocycles. The van der Waals surface area contributed by atoms with Crippen molar-refractivity contribution in [3.8, 4) is 5.75 Å². The van der Waals surface area contributed by atoms with Gasteiger partial charge >= 0.3 is 6.03 Å². The van der Waals surface area contributed by atoms with E-state index in [1.807, 2.05) is 30.3 Å². The summed E-state index contributed by atoms with van der Waals surface area (Å²) in [6.45, 7) is 1.23. The van der Waals surface area contributed by atoms with Crippen LogP contribution in [0.5, 0.6) is 5.75 Å². The van der Waals surface area contributed by atoms with Gasteiger partial charge in [0, 0.05) is 30.4 Å². The van der Waals surface area contributed by atoms with Gasteiger partial charge in [0.25, 0.3) is 5.91 Å². The number of anilines is 1. The van der Waals surface area contributed by atoms with Crippen LogP contribution in [-0.4, -0.2) is 43.1 Å². The molecule has 2 N–H and O–H groups in total. The number of ether oxygens (including phenoxy) is 1. The number of para-hydroxylation sites is 1. The molecule has 2 aromatic carbocycles. The van der Waals surface area contributed by atoms with Gasteiger partial charge in [-0.15, -0.1) is 0 Å². The number of hydrogen-bond donors (Lipinski definition) is 2. The van der Waals surface area contributed by atoms with Crippen LogP contribution >= 0.6 is 0 Å². The number of amides is 3. The first-order valence-electron chi connectivity index (χ1n) is 8.71. The first-order chi connectivity index (χ1) is 12.7. The molecular formula is C20H23N3O3. The maximum atomic E-state index is 12.4. The second-order valence-electron chi connectivity index (χ2n) is 6.26. The monoisotopic (exact) mass is 353 g/mol. The predicted molar refractivity (Wildman–Crippen MR) is 101 cm³/mol. The van der Waals surface area contributed by atoms with Crippen molar-refractivity contribution in [2.24, 2.45) is 0 Å². The van der Waals surface area contributed by atoms with Gasteiger partial charge in [-0.05, 0) is 43.2 Å². The Morgan fingerprint density at radius 3 is 2.46 bits per heavy atom. The normalized spacial score (nSPS) is 14.6. The van der Waals surface area contributed by atoms with Crippen LogP contribution in [-0.2, 0) is 0 Å². The quantitative estimate of drug-likeness (QED) is 0.887. The molecule has 0 unspecified atom stereocenters. The number of urea groups is 1. The first kappa shape index (κ1) is 17.8. The third kappa shape index (κ3) is 4.53. The predicted octanol–water partition coefficient (Wildman–Crippen LogP) is 3.12. The third-order valence-corrected chi connectivity index (χ3v) is 4.47. The fourth-order valence-electron chi connectivity index (χ4n) is 2.98. The van der Waals surface area contributed by atoms with Crippen LogP contribution in [0.15, 0.2) is 54.6 Å². The number of carbonyl (C=O) groups is 2. The first-order valence-corrected chi connectivity index (χ1v) is 8.71. The lowest BCUT2D eigenvalue weighted by atomic mass is 10.0. The number of rotatable bonds is 4. The lowest BCUT2D eigenvalue weighted by molar-refractivity contribution is 0.0919. The molecule has 1 fully saturated rings. The van der Waals surface area contributed by atoms with Crippen LogP contribution in [0.4, 0.5) is 10.5 Å². The van der Waals surface area contributed by atoms with Crippen molar-refractivity contribution in [1.82, 2.24) is 10.2 Å². The van der Waals surface area contributed by atoms with Crippen molar-refractivity contribution in [3.05, 3.63) is 60.2 Å². The molecule has 0 atom stereocenters. The molecule has 0 saturated carbocycles. The van der Waals surface area contributed by atoms with E-state index in [-0.39, 0.29) is 18.0 Å². The van der Waals surface area contributed by atoms with Crippen LogP contribution < -0.4 is 15.4 Å². The van der Waals surface area contributed by atoms with Crippen LogP contribution in [0.25, 0.3) is 0 Å². The number of nitrogens with zero attached hydrogens (tertiary/aromatic N) is 1. The SMILES string of the molecule is COc1cccc(C(=O)NC2CCN(C(=O)Nc3ccccc3)CC2)c1. The largest absolute Gasteiger partial charge is 0.497 e. The molecule has 0 aliphatic carbocycles. The van der Waals surface area contributed by atoms with Gasteiger partial charge in [0.1, 0.15) is 5.75 Å². The molecule has 1 aliphatic rings. The molecule has 0 bridgehead atoms.